The van der Waals surface area contributed by atoms with Gasteiger partial charge in [0.05, 0.1) is 67.6 Å². The quantitative estimate of drug-likeness (QED) is 0.0540. The molecule has 0 aliphatic carbocycles. The van der Waals surface area contributed by atoms with Gasteiger partial charge in [-0.05, 0) is 129 Å². The number of likely N-dealkylation sites (N-methyl/N-ethyl adjacent to an activating group) is 1. The van der Waals surface area contributed by atoms with Crippen LogP contribution < -0.4 is 9.64 Å². The number of ether oxygens (including phenoxy) is 3. The lowest BCUT2D eigenvalue weighted by molar-refractivity contribution is 0.154. The van der Waals surface area contributed by atoms with Gasteiger partial charge in [0, 0.05) is 55.1 Å². The van der Waals surface area contributed by atoms with Gasteiger partial charge in [0.2, 0.25) is 0 Å². The lowest BCUT2D eigenvalue weighted by Crippen LogP contribution is -2.44. The first kappa shape index (κ1) is 46.4. The largest absolute Gasteiger partial charge is 0.494 e. The van der Waals surface area contributed by atoms with Gasteiger partial charge in [-0.25, -0.2) is 33.4 Å². The highest BCUT2D eigenvalue weighted by Crippen LogP contribution is 2.46. The molecular formula is C46H61N8O7P. The number of rotatable bonds is 20. The summed E-state index contributed by atoms with van der Waals surface area (Å²) in [6.45, 7) is 17.8. The maximum absolute atomic E-state index is 13.5. The molecule has 0 N–H and O–H groups in total. The average molecular weight is 869 g/mol. The molecule has 1 fully saturated rings. The summed E-state index contributed by atoms with van der Waals surface area (Å²) in [5.74, 6) is 1.56. The molecule has 1 aliphatic rings. The molecule has 1 saturated heterocycles. The number of hydrogen-bond acceptors (Lipinski definition) is 13. The number of piperazine rings is 1. The Kier molecular flexibility index (Phi) is 16.7. The molecule has 0 radical (unpaired) electrons. The smallest absolute Gasteiger partial charge is 0.420 e. The number of benzene rings is 3. The van der Waals surface area contributed by atoms with E-state index in [1.165, 1.54) is 9.13 Å². The highest BCUT2D eigenvalue weighted by molar-refractivity contribution is 7.44. The maximum atomic E-state index is 13.5. The second kappa shape index (κ2) is 22.3. The van der Waals surface area contributed by atoms with Crippen molar-refractivity contribution in [2.75, 3.05) is 71.2 Å². The highest BCUT2D eigenvalue weighted by atomic mass is 31.2. The first-order chi connectivity index (χ1) is 30.0. The van der Waals surface area contributed by atoms with Gasteiger partial charge in [-0.1, -0.05) is 6.42 Å². The van der Waals surface area contributed by atoms with E-state index in [4.69, 9.17) is 38.5 Å². The molecule has 1 aliphatic heterocycles. The molecule has 0 saturated carbocycles. The summed E-state index contributed by atoms with van der Waals surface area (Å²) in [6.07, 6.45) is 3.07. The molecule has 0 bridgehead atoms. The van der Waals surface area contributed by atoms with Crippen LogP contribution in [0, 0.1) is 11.3 Å². The average Bonchev–Trinajstić information content (AvgIpc) is 3.84. The summed E-state index contributed by atoms with van der Waals surface area (Å²) in [6, 6.07) is 21.7. The Labute approximate surface area is 366 Å². The predicted octanol–water partition coefficient (Wildman–Crippen LogP) is 9.71. The van der Waals surface area contributed by atoms with Crippen molar-refractivity contribution in [1.29, 1.82) is 5.26 Å². The minimum atomic E-state index is -1.23. The van der Waals surface area contributed by atoms with Crippen LogP contribution in [0.1, 0.15) is 73.6 Å². The molecule has 0 spiro atoms. The normalized spacial score (nSPS) is 14.0. The SMILES string of the molecule is CCOC(=O)n1c(-c2ccc(OCCCCCCOP(OCCC#N)N(C(C)C)C(C)C)cc2)nc2cc(-c3nc4cc(N5CCN(C)CC5)ccc4n3C(=O)OCC)ccc21. The van der Waals surface area contributed by atoms with Crippen molar-refractivity contribution in [3.8, 4) is 34.6 Å². The highest BCUT2D eigenvalue weighted by Gasteiger charge is 2.28. The molecule has 0 amide bonds. The number of aromatic nitrogens is 4. The van der Waals surface area contributed by atoms with E-state index in [1.54, 1.807) is 13.8 Å². The van der Waals surface area contributed by atoms with Crippen LogP contribution in [0.2, 0.25) is 0 Å². The summed E-state index contributed by atoms with van der Waals surface area (Å²) >= 11 is 0. The van der Waals surface area contributed by atoms with Crippen molar-refractivity contribution in [2.45, 2.75) is 85.7 Å². The number of carbonyl (C=O) groups is 2. The molecule has 1 unspecified atom stereocenters. The van der Waals surface area contributed by atoms with Crippen LogP contribution in [0.4, 0.5) is 15.3 Å². The molecule has 2 aromatic heterocycles. The third kappa shape index (κ3) is 11.3. The fourth-order valence-corrected chi connectivity index (χ4v) is 9.21. The second-order valence-corrected chi connectivity index (χ2v) is 17.2. The first-order valence-electron chi connectivity index (χ1n) is 21.8. The molecule has 15 nitrogen and oxygen atoms in total. The summed E-state index contributed by atoms with van der Waals surface area (Å²) in [5, 5.41) is 8.95. The molecule has 332 valence electrons. The Morgan fingerprint density at radius 3 is 1.87 bits per heavy atom. The Balaban J connectivity index is 1.13. The van der Waals surface area contributed by atoms with Gasteiger partial charge in [0.25, 0.3) is 8.53 Å². The van der Waals surface area contributed by atoms with Gasteiger partial charge in [-0.15, -0.1) is 0 Å². The predicted molar refractivity (Wildman–Crippen MR) is 244 cm³/mol. The van der Waals surface area contributed by atoms with Gasteiger partial charge in [-0.3, -0.25) is 0 Å². The van der Waals surface area contributed by atoms with Gasteiger partial charge in [-0.2, -0.15) is 5.26 Å². The second-order valence-electron chi connectivity index (χ2n) is 15.8. The molecule has 3 heterocycles. The molecule has 1 atom stereocenters. The van der Waals surface area contributed by atoms with Crippen LogP contribution in [0.3, 0.4) is 0 Å². The van der Waals surface area contributed by atoms with Gasteiger partial charge >= 0.3 is 12.2 Å². The number of anilines is 1. The maximum Gasteiger partial charge on any atom is 0.420 e. The lowest BCUT2D eigenvalue weighted by Gasteiger charge is -2.35. The Morgan fingerprint density at radius 2 is 1.27 bits per heavy atom. The number of unbranched alkanes of at least 4 members (excludes halogenated alkanes) is 3. The fourth-order valence-electron chi connectivity index (χ4n) is 7.59. The van der Waals surface area contributed by atoms with E-state index in [0.717, 1.165) is 63.3 Å². The van der Waals surface area contributed by atoms with Crippen LogP contribution in [0.25, 0.3) is 44.8 Å². The van der Waals surface area contributed by atoms with E-state index < -0.39 is 20.7 Å². The first-order valence-corrected chi connectivity index (χ1v) is 22.9. The van der Waals surface area contributed by atoms with E-state index in [-0.39, 0.29) is 25.3 Å². The zero-order valence-electron chi connectivity index (χ0n) is 37.2. The number of nitrogens with zero attached hydrogens (tertiary/aromatic N) is 8. The van der Waals surface area contributed by atoms with Gasteiger partial charge in [0.15, 0.2) is 11.6 Å². The van der Waals surface area contributed by atoms with E-state index >= 15 is 0 Å². The van der Waals surface area contributed by atoms with Gasteiger partial charge in [0.1, 0.15) is 5.75 Å². The monoisotopic (exact) mass is 868 g/mol. The van der Waals surface area contributed by atoms with Crippen LogP contribution in [-0.2, 0) is 18.5 Å². The molecule has 62 heavy (non-hydrogen) atoms. The van der Waals surface area contributed by atoms with E-state index in [1.807, 2.05) is 60.7 Å². The van der Waals surface area contributed by atoms with E-state index in [0.29, 0.717) is 71.1 Å². The topological polar surface area (TPSA) is 149 Å². The summed E-state index contributed by atoms with van der Waals surface area (Å²) in [7, 11) is 0.901. The van der Waals surface area contributed by atoms with Crippen LogP contribution in [-0.4, -0.2) is 119 Å². The number of hydrogen-bond donors (Lipinski definition) is 0. The fraction of sp³-hybridized carbons (Fsp3) is 0.500. The number of imidazole rings is 2. The standard InChI is InChI=1S/C46H61N8O7P/c1-8-57-45(55)52-41-21-17-36(44-49-40-32-37(51-26-24-50(7)25-27-51)18-22-42(40)53(44)46(56)58-9-2)31-39(41)48-43(52)35-15-19-38(20-16-35)59-28-12-10-11-13-29-60-62(61-30-14-23-47)54(33(3)4)34(5)6/h15-22,31-34H,8-14,24-30H2,1-7H3. The Hall–Kier alpha value is -5.10. The minimum absolute atomic E-state index is 0.198. The van der Waals surface area contributed by atoms with Crippen molar-refractivity contribution in [1.82, 2.24) is 28.7 Å². The van der Waals surface area contributed by atoms with Crippen molar-refractivity contribution in [3.05, 3.63) is 60.7 Å². The summed E-state index contributed by atoms with van der Waals surface area (Å²) in [5.41, 5.74) is 4.84. The van der Waals surface area contributed by atoms with Gasteiger partial charge < -0.3 is 33.1 Å². The molecule has 16 heteroatoms. The molecule has 6 rings (SSSR count). The molecular weight excluding hydrogens is 808 g/mol. The van der Waals surface area contributed by atoms with Crippen molar-refractivity contribution >= 4 is 48.5 Å². The lowest BCUT2D eigenvalue weighted by atomic mass is 10.2. The van der Waals surface area contributed by atoms with E-state index in [9.17, 15) is 9.59 Å². The summed E-state index contributed by atoms with van der Waals surface area (Å²) < 4.78 is 34.5. The molecule has 3 aromatic carbocycles. The van der Waals surface area contributed by atoms with Crippen LogP contribution >= 0.6 is 8.53 Å². The minimum Gasteiger partial charge on any atom is -0.494 e. The third-order valence-electron chi connectivity index (χ3n) is 10.6. The zero-order chi connectivity index (χ0) is 44.2. The van der Waals surface area contributed by atoms with Crippen molar-refractivity contribution in [3.63, 3.8) is 0 Å². The van der Waals surface area contributed by atoms with Crippen LogP contribution in [0.15, 0.2) is 60.7 Å². The zero-order valence-corrected chi connectivity index (χ0v) is 38.1. The Bertz CT molecular complexity index is 2290. The Morgan fingerprint density at radius 1 is 0.726 bits per heavy atom. The number of fused-ring (bicyclic) bond motifs is 2. The van der Waals surface area contributed by atoms with Crippen LogP contribution in [0.5, 0.6) is 5.75 Å². The molecule has 5 aromatic rings. The van der Waals surface area contributed by atoms with Crippen molar-refractivity contribution in [2.24, 2.45) is 0 Å². The summed E-state index contributed by atoms with van der Waals surface area (Å²) in [4.78, 5) is 41.5. The number of carbonyl (C=O) groups excluding carboxylic acids is 2. The number of nitriles is 1. The van der Waals surface area contributed by atoms with Crippen molar-refractivity contribution < 1.29 is 32.8 Å². The van der Waals surface area contributed by atoms with E-state index in [2.05, 4.69) is 55.3 Å². The third-order valence-corrected chi connectivity index (χ3v) is 12.7.